The zero-order valence-corrected chi connectivity index (χ0v) is 9.36. The highest BCUT2D eigenvalue weighted by molar-refractivity contribution is 5.41. The Hall–Kier alpha value is -2.55. The monoisotopic (exact) mass is 223 g/mol. The molecule has 0 aromatic rings. The lowest BCUT2D eigenvalue weighted by Crippen LogP contribution is -2.52. The van der Waals surface area contributed by atoms with Gasteiger partial charge < -0.3 is 0 Å². The molecule has 1 atom stereocenters. The Labute approximate surface area is 99.7 Å². The molecule has 0 aromatic heterocycles. The molecular weight excluding hydrogens is 214 g/mol. The Kier molecular flexibility index (Phi) is 2.79. The van der Waals surface area contributed by atoms with Crippen LogP contribution in [0.5, 0.6) is 0 Å². The van der Waals surface area contributed by atoms with Gasteiger partial charge in [-0.15, -0.1) is 0 Å². The van der Waals surface area contributed by atoms with Crippen molar-refractivity contribution in [2.75, 3.05) is 0 Å². The van der Waals surface area contributed by atoms with Crippen molar-refractivity contribution in [2.24, 2.45) is 16.2 Å². The van der Waals surface area contributed by atoms with Gasteiger partial charge in [0.25, 0.3) is 0 Å². The number of nitrogens with zero attached hydrogens (tertiary/aromatic N) is 5. The van der Waals surface area contributed by atoms with E-state index < -0.39 is 16.2 Å². The second kappa shape index (κ2) is 3.79. The second-order valence-electron chi connectivity index (χ2n) is 4.40. The maximum Gasteiger partial charge on any atom is 0.193 e. The molecule has 0 aliphatic heterocycles. The Morgan fingerprint density at radius 1 is 0.765 bits per heavy atom. The standard InChI is InChI=1S/C12H9N5/c1-10(5-13)3-2-4-11(6-14,7-15)12(10,8-16)9-17/h2-4H2,1H3. The molecule has 1 rings (SSSR count). The summed E-state index contributed by atoms with van der Waals surface area (Å²) in [6.45, 7) is 1.47. The van der Waals surface area contributed by atoms with Gasteiger partial charge in [-0.05, 0) is 26.2 Å². The highest BCUT2D eigenvalue weighted by Crippen LogP contribution is 2.58. The maximum absolute atomic E-state index is 9.28. The fourth-order valence-electron chi connectivity index (χ4n) is 2.46. The van der Waals surface area contributed by atoms with Crippen molar-refractivity contribution in [1.82, 2.24) is 0 Å². The van der Waals surface area contributed by atoms with Gasteiger partial charge in [-0.1, -0.05) is 0 Å². The molecule has 1 fully saturated rings. The largest absolute Gasteiger partial charge is 0.198 e. The van der Waals surface area contributed by atoms with Crippen molar-refractivity contribution in [1.29, 1.82) is 26.3 Å². The third-order valence-corrected chi connectivity index (χ3v) is 3.66. The SMILES string of the molecule is CC1(C#N)CCCC(C#N)(C#N)C1(C#N)C#N. The van der Waals surface area contributed by atoms with E-state index in [4.69, 9.17) is 0 Å². The Morgan fingerprint density at radius 3 is 1.65 bits per heavy atom. The summed E-state index contributed by atoms with van der Waals surface area (Å²) >= 11 is 0. The first-order chi connectivity index (χ1) is 8.01. The molecule has 82 valence electrons. The summed E-state index contributed by atoms with van der Waals surface area (Å²) in [7, 11) is 0. The fraction of sp³-hybridized carbons (Fsp3) is 0.583. The zero-order chi connectivity index (χ0) is 13.2. The van der Waals surface area contributed by atoms with Gasteiger partial charge in [-0.2, -0.15) is 26.3 Å². The zero-order valence-electron chi connectivity index (χ0n) is 9.36. The fourth-order valence-corrected chi connectivity index (χ4v) is 2.46. The molecule has 1 aliphatic rings. The topological polar surface area (TPSA) is 119 Å². The smallest absolute Gasteiger partial charge is 0.193 e. The van der Waals surface area contributed by atoms with E-state index in [-0.39, 0.29) is 6.42 Å². The third kappa shape index (κ3) is 1.19. The van der Waals surface area contributed by atoms with Crippen LogP contribution in [-0.2, 0) is 0 Å². The lowest BCUT2D eigenvalue weighted by Gasteiger charge is -2.45. The Balaban J connectivity index is 3.67. The van der Waals surface area contributed by atoms with E-state index >= 15 is 0 Å². The highest BCUT2D eigenvalue weighted by Gasteiger charge is 2.67. The van der Waals surface area contributed by atoms with Gasteiger partial charge in [0.05, 0.1) is 35.8 Å². The summed E-state index contributed by atoms with van der Waals surface area (Å²) in [5.41, 5.74) is -4.91. The predicted molar refractivity (Wildman–Crippen MR) is 54.9 cm³/mol. The van der Waals surface area contributed by atoms with E-state index in [2.05, 4.69) is 0 Å². The van der Waals surface area contributed by atoms with E-state index in [0.29, 0.717) is 12.8 Å². The first kappa shape index (κ1) is 12.5. The van der Waals surface area contributed by atoms with Crippen LogP contribution in [0.4, 0.5) is 0 Å². The van der Waals surface area contributed by atoms with E-state index in [9.17, 15) is 26.3 Å². The lowest BCUT2D eigenvalue weighted by atomic mass is 9.48. The molecule has 5 nitrogen and oxygen atoms in total. The summed E-state index contributed by atoms with van der Waals surface area (Å²) in [5, 5.41) is 46.1. The molecule has 0 bridgehead atoms. The van der Waals surface area contributed by atoms with Crippen molar-refractivity contribution >= 4 is 0 Å². The minimum atomic E-state index is -1.89. The molecule has 1 aliphatic carbocycles. The molecule has 0 amide bonds. The van der Waals surface area contributed by atoms with Crippen LogP contribution in [0.3, 0.4) is 0 Å². The predicted octanol–water partition coefficient (Wildman–Crippen LogP) is 1.77. The van der Waals surface area contributed by atoms with Gasteiger partial charge in [0, 0.05) is 0 Å². The van der Waals surface area contributed by atoms with Crippen LogP contribution >= 0.6 is 0 Å². The molecule has 0 heterocycles. The molecule has 0 spiro atoms. The number of rotatable bonds is 0. The number of hydrogen-bond donors (Lipinski definition) is 0. The third-order valence-electron chi connectivity index (χ3n) is 3.66. The summed E-state index contributed by atoms with van der Waals surface area (Å²) in [6.07, 6.45) is 0.977. The van der Waals surface area contributed by atoms with Gasteiger partial charge >= 0.3 is 0 Å². The maximum atomic E-state index is 9.28. The van der Waals surface area contributed by atoms with E-state index in [1.54, 1.807) is 24.3 Å². The second-order valence-corrected chi connectivity index (χ2v) is 4.40. The average Bonchev–Trinajstić information content (AvgIpc) is 2.38. The molecule has 1 saturated carbocycles. The summed E-state index contributed by atoms with van der Waals surface area (Å²) < 4.78 is 0. The van der Waals surface area contributed by atoms with Crippen molar-refractivity contribution < 1.29 is 0 Å². The molecule has 17 heavy (non-hydrogen) atoms. The highest BCUT2D eigenvalue weighted by atomic mass is 14.7. The molecule has 0 aromatic carbocycles. The van der Waals surface area contributed by atoms with Crippen LogP contribution in [0, 0.1) is 72.9 Å². The minimum absolute atomic E-state index is 0.151. The quantitative estimate of drug-likeness (QED) is 0.619. The van der Waals surface area contributed by atoms with Gasteiger partial charge in [-0.25, -0.2) is 0 Å². The molecule has 1 unspecified atom stereocenters. The normalized spacial score (nSPS) is 28.5. The Morgan fingerprint density at radius 2 is 1.29 bits per heavy atom. The van der Waals surface area contributed by atoms with Gasteiger partial charge in [0.15, 0.2) is 10.8 Å². The van der Waals surface area contributed by atoms with Crippen LogP contribution < -0.4 is 0 Å². The van der Waals surface area contributed by atoms with E-state index in [1.165, 1.54) is 6.92 Å². The van der Waals surface area contributed by atoms with Gasteiger partial charge in [0.2, 0.25) is 0 Å². The van der Waals surface area contributed by atoms with Crippen LogP contribution in [0.1, 0.15) is 26.2 Å². The van der Waals surface area contributed by atoms with Crippen molar-refractivity contribution in [3.8, 4) is 30.3 Å². The van der Waals surface area contributed by atoms with Crippen LogP contribution in [-0.4, -0.2) is 0 Å². The first-order valence-corrected chi connectivity index (χ1v) is 5.08. The molecule has 0 N–H and O–H groups in total. The summed E-state index contributed by atoms with van der Waals surface area (Å²) in [4.78, 5) is 0. The van der Waals surface area contributed by atoms with Gasteiger partial charge in [-0.3, -0.25) is 0 Å². The van der Waals surface area contributed by atoms with Gasteiger partial charge in [0.1, 0.15) is 0 Å². The minimum Gasteiger partial charge on any atom is -0.198 e. The lowest BCUT2D eigenvalue weighted by molar-refractivity contribution is 0.0771. The van der Waals surface area contributed by atoms with Crippen LogP contribution in [0.25, 0.3) is 0 Å². The number of hydrogen-bond acceptors (Lipinski definition) is 5. The summed E-state index contributed by atoms with van der Waals surface area (Å²) in [5.74, 6) is 0. The Bertz CT molecular complexity index is 514. The molecular formula is C12H9N5. The average molecular weight is 223 g/mol. The molecule has 0 saturated heterocycles. The molecule has 5 heteroatoms. The van der Waals surface area contributed by atoms with E-state index in [0.717, 1.165) is 0 Å². The van der Waals surface area contributed by atoms with Crippen molar-refractivity contribution in [3.63, 3.8) is 0 Å². The van der Waals surface area contributed by atoms with E-state index in [1.807, 2.05) is 6.07 Å². The van der Waals surface area contributed by atoms with Crippen LogP contribution in [0.2, 0.25) is 0 Å². The van der Waals surface area contributed by atoms with Crippen molar-refractivity contribution in [2.45, 2.75) is 26.2 Å². The van der Waals surface area contributed by atoms with Crippen molar-refractivity contribution in [3.05, 3.63) is 0 Å². The van der Waals surface area contributed by atoms with Crippen LogP contribution in [0.15, 0.2) is 0 Å². The summed E-state index contributed by atoms with van der Waals surface area (Å²) in [6, 6.07) is 9.08. The number of nitriles is 5. The molecule has 0 radical (unpaired) electrons. The first-order valence-electron chi connectivity index (χ1n) is 5.08.